The third-order valence-electron chi connectivity index (χ3n) is 3.23. The van der Waals surface area contributed by atoms with Crippen LogP contribution in [0, 0.1) is 12.7 Å². The zero-order chi connectivity index (χ0) is 13.2. The van der Waals surface area contributed by atoms with E-state index in [1.807, 2.05) is 18.3 Å². The first-order valence-electron chi connectivity index (χ1n) is 6.24. The first kappa shape index (κ1) is 11.7. The average molecular weight is 251 g/mol. The number of hydrogen-bond donors (Lipinski definition) is 1. The molecule has 0 bridgehead atoms. The van der Waals surface area contributed by atoms with E-state index in [4.69, 9.17) is 0 Å². The van der Waals surface area contributed by atoms with Crippen LogP contribution in [0.1, 0.15) is 5.56 Å². The number of hydrogen-bond acceptors (Lipinski definition) is 0. The van der Waals surface area contributed by atoms with Crippen LogP contribution in [0.3, 0.4) is 0 Å². The second-order valence-electron chi connectivity index (χ2n) is 4.65. The van der Waals surface area contributed by atoms with Gasteiger partial charge in [-0.05, 0) is 36.2 Å². The summed E-state index contributed by atoms with van der Waals surface area (Å²) in [6.07, 6.45) is 1.91. The van der Waals surface area contributed by atoms with E-state index in [-0.39, 0.29) is 5.82 Å². The standard InChI is InChI=1S/C17H14FN/c1-12-6-8-13(9-7-12)14-10-17(19-11-14)15-4-2-3-5-16(15)18/h2-11,19H,1H3. The van der Waals surface area contributed by atoms with Gasteiger partial charge in [-0.1, -0.05) is 42.0 Å². The van der Waals surface area contributed by atoms with Gasteiger partial charge >= 0.3 is 0 Å². The highest BCUT2D eigenvalue weighted by atomic mass is 19.1. The molecule has 0 aliphatic rings. The van der Waals surface area contributed by atoms with E-state index in [1.165, 1.54) is 11.6 Å². The summed E-state index contributed by atoms with van der Waals surface area (Å²) in [5, 5.41) is 0. The predicted octanol–water partition coefficient (Wildman–Crippen LogP) is 4.80. The molecule has 2 heteroatoms. The first-order valence-corrected chi connectivity index (χ1v) is 6.24. The van der Waals surface area contributed by atoms with Crippen LogP contribution in [-0.2, 0) is 0 Å². The topological polar surface area (TPSA) is 15.8 Å². The Balaban J connectivity index is 2.00. The molecule has 0 aliphatic heterocycles. The van der Waals surface area contributed by atoms with E-state index in [1.54, 1.807) is 12.1 Å². The molecule has 19 heavy (non-hydrogen) atoms. The van der Waals surface area contributed by atoms with Gasteiger partial charge in [-0.15, -0.1) is 0 Å². The van der Waals surface area contributed by atoms with Crippen LogP contribution in [0.2, 0.25) is 0 Å². The number of rotatable bonds is 2. The van der Waals surface area contributed by atoms with Gasteiger partial charge in [0.1, 0.15) is 5.82 Å². The van der Waals surface area contributed by atoms with Gasteiger partial charge in [0.05, 0.1) is 0 Å². The van der Waals surface area contributed by atoms with Crippen molar-refractivity contribution in [2.24, 2.45) is 0 Å². The van der Waals surface area contributed by atoms with Crippen LogP contribution in [0.4, 0.5) is 4.39 Å². The number of H-pyrrole nitrogens is 1. The molecule has 0 aliphatic carbocycles. The molecule has 1 heterocycles. The van der Waals surface area contributed by atoms with Gasteiger partial charge in [0.15, 0.2) is 0 Å². The molecule has 3 aromatic rings. The minimum atomic E-state index is -0.209. The molecule has 94 valence electrons. The molecule has 0 fully saturated rings. The van der Waals surface area contributed by atoms with Crippen LogP contribution < -0.4 is 0 Å². The maximum Gasteiger partial charge on any atom is 0.132 e. The van der Waals surface area contributed by atoms with Crippen LogP contribution in [0.5, 0.6) is 0 Å². The highest BCUT2D eigenvalue weighted by molar-refractivity contribution is 5.71. The SMILES string of the molecule is Cc1ccc(-c2c[nH]c(-c3ccccc3F)c2)cc1. The monoisotopic (exact) mass is 251 g/mol. The zero-order valence-corrected chi connectivity index (χ0v) is 10.7. The third-order valence-corrected chi connectivity index (χ3v) is 3.23. The lowest BCUT2D eigenvalue weighted by Gasteiger charge is -1.99. The van der Waals surface area contributed by atoms with Crippen molar-refractivity contribution in [2.45, 2.75) is 6.92 Å². The van der Waals surface area contributed by atoms with Gasteiger partial charge in [-0.25, -0.2) is 4.39 Å². The fourth-order valence-electron chi connectivity index (χ4n) is 2.14. The molecule has 1 N–H and O–H groups in total. The molecule has 0 spiro atoms. The number of aromatic nitrogens is 1. The molecule has 0 atom stereocenters. The van der Waals surface area contributed by atoms with Crippen molar-refractivity contribution >= 4 is 0 Å². The molecule has 0 saturated heterocycles. The molecule has 2 aromatic carbocycles. The summed E-state index contributed by atoms with van der Waals surface area (Å²) in [5.74, 6) is -0.209. The lowest BCUT2D eigenvalue weighted by molar-refractivity contribution is 0.631. The molecule has 0 saturated carbocycles. The van der Waals surface area contributed by atoms with Crippen molar-refractivity contribution in [1.29, 1.82) is 0 Å². The van der Waals surface area contributed by atoms with Gasteiger partial charge in [0.25, 0.3) is 0 Å². The Morgan fingerprint density at radius 1 is 0.895 bits per heavy atom. The minimum absolute atomic E-state index is 0.209. The number of halogens is 1. The van der Waals surface area contributed by atoms with Crippen molar-refractivity contribution < 1.29 is 4.39 Å². The predicted molar refractivity (Wildman–Crippen MR) is 76.4 cm³/mol. The number of benzene rings is 2. The van der Waals surface area contributed by atoms with E-state index in [0.29, 0.717) is 5.56 Å². The summed E-state index contributed by atoms with van der Waals surface area (Å²) in [4.78, 5) is 3.14. The van der Waals surface area contributed by atoms with Crippen LogP contribution >= 0.6 is 0 Å². The van der Waals surface area contributed by atoms with E-state index in [0.717, 1.165) is 16.8 Å². The molecule has 0 unspecified atom stereocenters. The largest absolute Gasteiger partial charge is 0.360 e. The second-order valence-corrected chi connectivity index (χ2v) is 4.65. The summed E-state index contributed by atoms with van der Waals surface area (Å²) in [5.41, 5.74) is 4.82. The molecular weight excluding hydrogens is 237 g/mol. The van der Waals surface area contributed by atoms with Gasteiger partial charge in [0.2, 0.25) is 0 Å². The van der Waals surface area contributed by atoms with Crippen LogP contribution in [-0.4, -0.2) is 4.98 Å². The van der Waals surface area contributed by atoms with Gasteiger partial charge in [0, 0.05) is 17.5 Å². The fraction of sp³-hybridized carbons (Fsp3) is 0.0588. The van der Waals surface area contributed by atoms with E-state index in [2.05, 4.69) is 36.2 Å². The average Bonchev–Trinajstić information content (AvgIpc) is 2.89. The summed E-state index contributed by atoms with van der Waals surface area (Å²) >= 11 is 0. The molecule has 0 amide bonds. The van der Waals surface area contributed by atoms with Crippen LogP contribution in [0.25, 0.3) is 22.4 Å². The zero-order valence-electron chi connectivity index (χ0n) is 10.7. The number of aromatic amines is 1. The first-order chi connectivity index (χ1) is 9.24. The maximum absolute atomic E-state index is 13.7. The Morgan fingerprint density at radius 3 is 2.37 bits per heavy atom. The van der Waals surface area contributed by atoms with Crippen molar-refractivity contribution in [1.82, 2.24) is 4.98 Å². The van der Waals surface area contributed by atoms with Gasteiger partial charge < -0.3 is 4.98 Å². The summed E-state index contributed by atoms with van der Waals surface area (Å²) in [6.45, 7) is 2.06. The van der Waals surface area contributed by atoms with Crippen molar-refractivity contribution in [2.75, 3.05) is 0 Å². The normalized spacial score (nSPS) is 10.6. The van der Waals surface area contributed by atoms with E-state index in [9.17, 15) is 4.39 Å². The van der Waals surface area contributed by atoms with Crippen molar-refractivity contribution in [3.63, 3.8) is 0 Å². The molecular formula is C17H14FN. The van der Waals surface area contributed by atoms with Crippen molar-refractivity contribution in [3.05, 3.63) is 72.2 Å². The molecule has 3 rings (SSSR count). The number of aryl methyl sites for hydroxylation is 1. The molecule has 1 aromatic heterocycles. The van der Waals surface area contributed by atoms with E-state index >= 15 is 0 Å². The Bertz CT molecular complexity index is 695. The van der Waals surface area contributed by atoms with Crippen molar-refractivity contribution in [3.8, 4) is 22.4 Å². The minimum Gasteiger partial charge on any atom is -0.360 e. The Kier molecular flexibility index (Phi) is 2.92. The van der Waals surface area contributed by atoms with Gasteiger partial charge in [-0.2, -0.15) is 0 Å². The number of nitrogens with one attached hydrogen (secondary N) is 1. The fourth-order valence-corrected chi connectivity index (χ4v) is 2.14. The highest BCUT2D eigenvalue weighted by Gasteiger charge is 2.07. The Labute approximate surface area is 111 Å². The Morgan fingerprint density at radius 2 is 1.63 bits per heavy atom. The molecule has 1 nitrogen and oxygen atoms in total. The van der Waals surface area contributed by atoms with E-state index < -0.39 is 0 Å². The molecule has 0 radical (unpaired) electrons. The summed E-state index contributed by atoms with van der Waals surface area (Å²) < 4.78 is 13.7. The lowest BCUT2D eigenvalue weighted by atomic mass is 10.1. The lowest BCUT2D eigenvalue weighted by Crippen LogP contribution is -1.82. The van der Waals surface area contributed by atoms with Gasteiger partial charge in [-0.3, -0.25) is 0 Å². The highest BCUT2D eigenvalue weighted by Crippen LogP contribution is 2.27. The summed E-state index contributed by atoms with van der Waals surface area (Å²) in [7, 11) is 0. The smallest absolute Gasteiger partial charge is 0.132 e. The second kappa shape index (κ2) is 4.73. The maximum atomic E-state index is 13.7. The summed E-state index contributed by atoms with van der Waals surface area (Å²) in [6, 6.07) is 17.1. The third kappa shape index (κ3) is 2.29. The van der Waals surface area contributed by atoms with Crippen LogP contribution in [0.15, 0.2) is 60.8 Å². The quantitative estimate of drug-likeness (QED) is 0.673. The Hall–Kier alpha value is -2.35.